The predicted octanol–water partition coefficient (Wildman–Crippen LogP) is 4.73. The Morgan fingerprint density at radius 3 is 2.20 bits per heavy atom. The summed E-state index contributed by atoms with van der Waals surface area (Å²) in [4.78, 5) is 0. The quantitative estimate of drug-likeness (QED) is 0.608. The summed E-state index contributed by atoms with van der Waals surface area (Å²) in [5, 5.41) is 0. The molecular formula is C15H24. The van der Waals surface area contributed by atoms with Crippen molar-refractivity contribution in [3.8, 4) is 0 Å². The summed E-state index contributed by atoms with van der Waals surface area (Å²) in [6.45, 7) is 8.98. The first-order valence-electron chi connectivity index (χ1n) is 6.22. The highest BCUT2D eigenvalue weighted by molar-refractivity contribution is 5.39. The molecule has 0 radical (unpaired) electrons. The van der Waals surface area contributed by atoms with Gasteiger partial charge in [0.1, 0.15) is 0 Å². The topological polar surface area (TPSA) is 0 Å². The van der Waals surface area contributed by atoms with Gasteiger partial charge in [-0.25, -0.2) is 0 Å². The summed E-state index contributed by atoms with van der Waals surface area (Å²) in [6.07, 6.45) is 6.69. The van der Waals surface area contributed by atoms with Crippen molar-refractivity contribution >= 4 is 0 Å². The zero-order valence-corrected chi connectivity index (χ0v) is 10.7. The largest absolute Gasteiger partial charge is 0.0654 e. The highest BCUT2D eigenvalue weighted by atomic mass is 14.1. The van der Waals surface area contributed by atoms with Crippen LogP contribution in [0.2, 0.25) is 0 Å². The Hall–Kier alpha value is -0.780. The molecule has 0 spiro atoms. The lowest BCUT2D eigenvalue weighted by atomic mass is 9.94. The van der Waals surface area contributed by atoms with E-state index in [2.05, 4.69) is 39.8 Å². The molecule has 0 amide bonds. The molecule has 15 heavy (non-hydrogen) atoms. The molecule has 0 nitrogen and oxygen atoms in total. The maximum absolute atomic E-state index is 2.27. The van der Waals surface area contributed by atoms with Crippen LogP contribution in [0.5, 0.6) is 0 Å². The van der Waals surface area contributed by atoms with Gasteiger partial charge in [-0.2, -0.15) is 0 Å². The van der Waals surface area contributed by atoms with Crippen LogP contribution in [0.15, 0.2) is 12.1 Å². The molecule has 0 aliphatic heterocycles. The van der Waals surface area contributed by atoms with Gasteiger partial charge in [-0.3, -0.25) is 0 Å². The highest BCUT2D eigenvalue weighted by Crippen LogP contribution is 2.20. The molecule has 0 N–H and O–H groups in total. The van der Waals surface area contributed by atoms with Gasteiger partial charge in [0.2, 0.25) is 0 Å². The van der Waals surface area contributed by atoms with Gasteiger partial charge < -0.3 is 0 Å². The minimum absolute atomic E-state index is 1.26. The van der Waals surface area contributed by atoms with E-state index >= 15 is 0 Å². The van der Waals surface area contributed by atoms with E-state index in [0.717, 1.165) is 0 Å². The number of hydrogen-bond acceptors (Lipinski definition) is 0. The standard InChI is InChI=1S/C15H24/c1-5-6-7-8-9-15-13(3)11-10-12(2)14(15)4/h10-11H,5-9H2,1-4H3. The lowest BCUT2D eigenvalue weighted by Gasteiger charge is -2.12. The van der Waals surface area contributed by atoms with Gasteiger partial charge in [0.15, 0.2) is 0 Å². The van der Waals surface area contributed by atoms with Crippen LogP contribution in [-0.4, -0.2) is 0 Å². The minimum atomic E-state index is 1.26. The molecule has 0 aliphatic rings. The third-order valence-electron chi connectivity index (χ3n) is 3.38. The zero-order chi connectivity index (χ0) is 11.3. The first-order chi connectivity index (χ1) is 7.16. The van der Waals surface area contributed by atoms with E-state index in [-0.39, 0.29) is 0 Å². The molecule has 0 saturated heterocycles. The Morgan fingerprint density at radius 1 is 0.867 bits per heavy atom. The molecule has 0 unspecified atom stereocenters. The van der Waals surface area contributed by atoms with Gasteiger partial charge in [-0.1, -0.05) is 38.3 Å². The van der Waals surface area contributed by atoms with Gasteiger partial charge in [0.25, 0.3) is 0 Å². The Bertz CT molecular complexity index is 310. The van der Waals surface area contributed by atoms with E-state index < -0.39 is 0 Å². The third-order valence-corrected chi connectivity index (χ3v) is 3.38. The Morgan fingerprint density at radius 2 is 1.53 bits per heavy atom. The van der Waals surface area contributed by atoms with Crippen LogP contribution in [0.4, 0.5) is 0 Å². The number of rotatable bonds is 5. The van der Waals surface area contributed by atoms with Crippen LogP contribution in [0.1, 0.15) is 54.9 Å². The first kappa shape index (κ1) is 12.3. The molecule has 0 aromatic heterocycles. The molecule has 0 aliphatic carbocycles. The van der Waals surface area contributed by atoms with E-state index in [1.807, 2.05) is 0 Å². The monoisotopic (exact) mass is 204 g/mol. The Kier molecular flexibility index (Phi) is 4.87. The molecular weight excluding hydrogens is 180 g/mol. The summed E-state index contributed by atoms with van der Waals surface area (Å²) in [6, 6.07) is 4.50. The van der Waals surface area contributed by atoms with Crippen LogP contribution in [0.25, 0.3) is 0 Å². The summed E-state index contributed by atoms with van der Waals surface area (Å²) in [5.41, 5.74) is 6.00. The van der Waals surface area contributed by atoms with E-state index in [1.165, 1.54) is 48.8 Å². The Labute approximate surface area is 94.7 Å². The van der Waals surface area contributed by atoms with Crippen LogP contribution in [0, 0.1) is 20.8 Å². The lowest BCUT2D eigenvalue weighted by Crippen LogP contribution is -1.96. The van der Waals surface area contributed by atoms with Gasteiger partial charge >= 0.3 is 0 Å². The number of hydrogen-bond donors (Lipinski definition) is 0. The molecule has 1 aromatic carbocycles. The SMILES string of the molecule is CCCCCCc1c(C)ccc(C)c1C. The molecule has 1 rings (SSSR count). The second kappa shape index (κ2) is 5.95. The smallest absolute Gasteiger partial charge is 0.0274 e. The lowest BCUT2D eigenvalue weighted by molar-refractivity contribution is 0.664. The van der Waals surface area contributed by atoms with Gasteiger partial charge in [-0.05, 0) is 55.9 Å². The maximum Gasteiger partial charge on any atom is -0.0274 e. The Balaban J connectivity index is 2.63. The van der Waals surface area contributed by atoms with Gasteiger partial charge in [0.05, 0.1) is 0 Å². The van der Waals surface area contributed by atoms with Crippen LogP contribution in [-0.2, 0) is 6.42 Å². The fourth-order valence-electron chi connectivity index (χ4n) is 2.12. The molecule has 1 aromatic rings. The average Bonchev–Trinajstić information content (AvgIpc) is 2.23. The zero-order valence-electron chi connectivity index (χ0n) is 10.7. The van der Waals surface area contributed by atoms with Gasteiger partial charge in [0, 0.05) is 0 Å². The molecule has 0 atom stereocenters. The normalized spacial score (nSPS) is 10.7. The molecule has 0 fully saturated rings. The van der Waals surface area contributed by atoms with Crippen molar-refractivity contribution in [2.75, 3.05) is 0 Å². The van der Waals surface area contributed by atoms with Crippen molar-refractivity contribution in [3.05, 3.63) is 34.4 Å². The van der Waals surface area contributed by atoms with Crippen molar-refractivity contribution in [2.24, 2.45) is 0 Å². The van der Waals surface area contributed by atoms with Crippen LogP contribution >= 0.6 is 0 Å². The number of benzene rings is 1. The molecule has 0 heterocycles. The van der Waals surface area contributed by atoms with E-state index in [4.69, 9.17) is 0 Å². The van der Waals surface area contributed by atoms with E-state index in [9.17, 15) is 0 Å². The minimum Gasteiger partial charge on any atom is -0.0654 e. The van der Waals surface area contributed by atoms with Crippen LogP contribution < -0.4 is 0 Å². The molecule has 0 heteroatoms. The molecule has 0 bridgehead atoms. The first-order valence-corrected chi connectivity index (χ1v) is 6.22. The number of aryl methyl sites for hydroxylation is 2. The predicted molar refractivity (Wildman–Crippen MR) is 68.5 cm³/mol. The second-order valence-corrected chi connectivity index (χ2v) is 4.61. The third kappa shape index (κ3) is 3.37. The highest BCUT2D eigenvalue weighted by Gasteiger charge is 2.04. The van der Waals surface area contributed by atoms with Crippen molar-refractivity contribution < 1.29 is 0 Å². The van der Waals surface area contributed by atoms with Crippen molar-refractivity contribution in [1.82, 2.24) is 0 Å². The maximum atomic E-state index is 2.27. The second-order valence-electron chi connectivity index (χ2n) is 4.61. The van der Waals surface area contributed by atoms with E-state index in [1.54, 1.807) is 5.56 Å². The summed E-state index contributed by atoms with van der Waals surface area (Å²) in [5.74, 6) is 0. The van der Waals surface area contributed by atoms with Crippen molar-refractivity contribution in [3.63, 3.8) is 0 Å². The van der Waals surface area contributed by atoms with Crippen molar-refractivity contribution in [1.29, 1.82) is 0 Å². The molecule has 0 saturated carbocycles. The average molecular weight is 204 g/mol. The van der Waals surface area contributed by atoms with Gasteiger partial charge in [-0.15, -0.1) is 0 Å². The van der Waals surface area contributed by atoms with Crippen LogP contribution in [0.3, 0.4) is 0 Å². The summed E-state index contributed by atoms with van der Waals surface area (Å²) < 4.78 is 0. The fourth-order valence-corrected chi connectivity index (χ4v) is 2.12. The number of unbranched alkanes of at least 4 members (excludes halogenated alkanes) is 3. The fraction of sp³-hybridized carbons (Fsp3) is 0.600. The van der Waals surface area contributed by atoms with E-state index in [0.29, 0.717) is 0 Å². The van der Waals surface area contributed by atoms with Crippen molar-refractivity contribution in [2.45, 2.75) is 59.8 Å². The summed E-state index contributed by atoms with van der Waals surface area (Å²) in [7, 11) is 0. The summed E-state index contributed by atoms with van der Waals surface area (Å²) >= 11 is 0. The molecule has 84 valence electrons.